The number of hydrogen-bond acceptors (Lipinski definition) is 5. The Morgan fingerprint density at radius 1 is 1.11 bits per heavy atom. The van der Waals surface area contributed by atoms with Gasteiger partial charge in [0.1, 0.15) is 0 Å². The third kappa shape index (κ3) is 2.58. The van der Waals surface area contributed by atoms with Gasteiger partial charge in [0.15, 0.2) is 11.5 Å². The molecule has 18 heavy (non-hydrogen) atoms. The largest absolute Gasteiger partial charge is 0.454 e. The molecule has 0 aromatic heterocycles. The van der Waals surface area contributed by atoms with Crippen LogP contribution in [-0.4, -0.2) is 49.9 Å². The molecular formula is C13H19N3O2. The molecule has 0 saturated carbocycles. The predicted molar refractivity (Wildman–Crippen MR) is 68.5 cm³/mol. The van der Waals surface area contributed by atoms with E-state index in [2.05, 4.69) is 28.4 Å². The zero-order valence-corrected chi connectivity index (χ0v) is 10.7. The Morgan fingerprint density at radius 2 is 1.89 bits per heavy atom. The number of likely N-dealkylation sites (N-methyl/N-ethyl adjacent to an activating group) is 1. The number of piperazine rings is 1. The van der Waals surface area contributed by atoms with Gasteiger partial charge < -0.3 is 14.4 Å². The Bertz CT molecular complexity index is 417. The molecule has 2 heterocycles. The van der Waals surface area contributed by atoms with Crippen LogP contribution in [0.5, 0.6) is 11.5 Å². The van der Waals surface area contributed by atoms with Crippen molar-refractivity contribution in [1.29, 1.82) is 0 Å². The van der Waals surface area contributed by atoms with E-state index in [1.807, 2.05) is 12.1 Å². The molecule has 2 aliphatic heterocycles. The Labute approximate surface area is 107 Å². The molecule has 0 unspecified atom stereocenters. The van der Waals surface area contributed by atoms with Crippen molar-refractivity contribution in [3.05, 3.63) is 23.8 Å². The van der Waals surface area contributed by atoms with E-state index in [1.165, 1.54) is 5.56 Å². The monoisotopic (exact) mass is 249 g/mol. The average Bonchev–Trinajstić information content (AvgIpc) is 2.85. The first-order valence-electron chi connectivity index (χ1n) is 6.37. The third-order valence-electron chi connectivity index (χ3n) is 3.45. The maximum atomic E-state index is 5.37. The van der Waals surface area contributed by atoms with Crippen LogP contribution in [0.25, 0.3) is 0 Å². The summed E-state index contributed by atoms with van der Waals surface area (Å²) < 4.78 is 10.7. The normalized spacial score (nSPS) is 20.3. The van der Waals surface area contributed by atoms with E-state index in [9.17, 15) is 0 Å². The van der Waals surface area contributed by atoms with Gasteiger partial charge in [-0.3, -0.25) is 5.43 Å². The molecule has 0 bridgehead atoms. The third-order valence-corrected chi connectivity index (χ3v) is 3.45. The van der Waals surface area contributed by atoms with Crippen molar-refractivity contribution in [2.24, 2.45) is 0 Å². The molecule has 1 saturated heterocycles. The van der Waals surface area contributed by atoms with Gasteiger partial charge in [-0.1, -0.05) is 6.07 Å². The molecule has 0 spiro atoms. The van der Waals surface area contributed by atoms with E-state index < -0.39 is 0 Å². The van der Waals surface area contributed by atoms with Crippen molar-refractivity contribution in [3.8, 4) is 11.5 Å². The van der Waals surface area contributed by atoms with Crippen LogP contribution in [0.15, 0.2) is 18.2 Å². The van der Waals surface area contributed by atoms with E-state index in [-0.39, 0.29) is 0 Å². The van der Waals surface area contributed by atoms with E-state index in [4.69, 9.17) is 9.47 Å². The van der Waals surface area contributed by atoms with Crippen molar-refractivity contribution in [1.82, 2.24) is 15.3 Å². The molecule has 0 amide bonds. The van der Waals surface area contributed by atoms with Crippen LogP contribution in [-0.2, 0) is 6.54 Å². The Morgan fingerprint density at radius 3 is 2.72 bits per heavy atom. The van der Waals surface area contributed by atoms with E-state index in [0.717, 1.165) is 44.2 Å². The summed E-state index contributed by atoms with van der Waals surface area (Å²) in [7, 11) is 2.16. The maximum absolute atomic E-state index is 5.37. The van der Waals surface area contributed by atoms with Crippen LogP contribution < -0.4 is 14.9 Å². The van der Waals surface area contributed by atoms with E-state index >= 15 is 0 Å². The van der Waals surface area contributed by atoms with Gasteiger partial charge in [0.25, 0.3) is 0 Å². The number of ether oxygens (including phenoxy) is 2. The minimum atomic E-state index is 0.338. The second-order valence-corrected chi connectivity index (χ2v) is 4.81. The lowest BCUT2D eigenvalue weighted by Gasteiger charge is -2.32. The fourth-order valence-corrected chi connectivity index (χ4v) is 2.22. The number of nitrogens with one attached hydrogen (secondary N) is 1. The van der Waals surface area contributed by atoms with Gasteiger partial charge in [-0.25, -0.2) is 5.01 Å². The van der Waals surface area contributed by atoms with Crippen LogP contribution in [0, 0.1) is 0 Å². The molecule has 1 fully saturated rings. The van der Waals surface area contributed by atoms with E-state index in [0.29, 0.717) is 6.79 Å². The second-order valence-electron chi connectivity index (χ2n) is 4.81. The zero-order valence-electron chi connectivity index (χ0n) is 10.7. The van der Waals surface area contributed by atoms with Gasteiger partial charge in [-0.2, -0.15) is 0 Å². The van der Waals surface area contributed by atoms with Crippen molar-refractivity contribution >= 4 is 0 Å². The summed E-state index contributed by atoms with van der Waals surface area (Å²) in [6, 6.07) is 6.10. The molecule has 2 aliphatic rings. The van der Waals surface area contributed by atoms with E-state index in [1.54, 1.807) is 0 Å². The van der Waals surface area contributed by atoms with Crippen molar-refractivity contribution in [2.75, 3.05) is 40.0 Å². The molecule has 1 aromatic carbocycles. The number of benzene rings is 1. The molecule has 0 aliphatic carbocycles. The average molecular weight is 249 g/mol. The minimum Gasteiger partial charge on any atom is -0.454 e. The Balaban J connectivity index is 1.54. The zero-order chi connectivity index (χ0) is 12.4. The van der Waals surface area contributed by atoms with Gasteiger partial charge in [-0.15, -0.1) is 0 Å². The van der Waals surface area contributed by atoms with Crippen LogP contribution >= 0.6 is 0 Å². The first-order valence-corrected chi connectivity index (χ1v) is 6.37. The van der Waals surface area contributed by atoms with Gasteiger partial charge in [0.05, 0.1) is 0 Å². The summed E-state index contributed by atoms with van der Waals surface area (Å²) in [5, 5.41) is 2.28. The summed E-state index contributed by atoms with van der Waals surface area (Å²) in [5.74, 6) is 1.70. The number of rotatable bonds is 3. The molecule has 5 nitrogen and oxygen atoms in total. The first-order chi connectivity index (χ1) is 8.81. The van der Waals surface area contributed by atoms with Gasteiger partial charge in [-0.05, 0) is 24.7 Å². The molecular weight excluding hydrogens is 230 g/mol. The minimum absolute atomic E-state index is 0.338. The molecule has 0 atom stereocenters. The topological polar surface area (TPSA) is 37.0 Å². The van der Waals surface area contributed by atoms with Crippen LogP contribution in [0.4, 0.5) is 0 Å². The summed E-state index contributed by atoms with van der Waals surface area (Å²) in [6.45, 7) is 5.55. The van der Waals surface area contributed by atoms with Crippen LogP contribution in [0.2, 0.25) is 0 Å². The second kappa shape index (κ2) is 5.14. The number of hydrogen-bond donors (Lipinski definition) is 1. The van der Waals surface area contributed by atoms with Crippen LogP contribution in [0.3, 0.4) is 0 Å². The highest BCUT2D eigenvalue weighted by Gasteiger charge is 2.15. The predicted octanol–water partition coefficient (Wildman–Crippen LogP) is 0.667. The summed E-state index contributed by atoms with van der Waals surface area (Å²) in [4.78, 5) is 2.35. The molecule has 3 rings (SSSR count). The highest BCUT2D eigenvalue weighted by molar-refractivity contribution is 5.44. The smallest absolute Gasteiger partial charge is 0.231 e. The fourth-order valence-electron chi connectivity index (χ4n) is 2.22. The Hall–Kier alpha value is -1.30. The Kier molecular flexibility index (Phi) is 3.36. The van der Waals surface area contributed by atoms with Gasteiger partial charge in [0.2, 0.25) is 6.79 Å². The number of nitrogens with zero attached hydrogens (tertiary/aromatic N) is 2. The van der Waals surface area contributed by atoms with Crippen molar-refractivity contribution < 1.29 is 9.47 Å². The maximum Gasteiger partial charge on any atom is 0.231 e. The molecule has 1 N–H and O–H groups in total. The van der Waals surface area contributed by atoms with Gasteiger partial charge in [0, 0.05) is 32.7 Å². The summed E-state index contributed by atoms with van der Waals surface area (Å²) in [6.07, 6.45) is 0. The van der Waals surface area contributed by atoms with Gasteiger partial charge >= 0.3 is 0 Å². The lowest BCUT2D eigenvalue weighted by molar-refractivity contribution is 0.102. The highest BCUT2D eigenvalue weighted by Crippen LogP contribution is 2.32. The standard InChI is InChI=1S/C13H19N3O2/c1-15-4-6-16(7-5-15)14-9-11-2-3-12-13(8-11)18-10-17-12/h2-3,8,14H,4-7,9-10H2,1H3. The number of fused-ring (bicyclic) bond motifs is 1. The highest BCUT2D eigenvalue weighted by atomic mass is 16.7. The van der Waals surface area contributed by atoms with Crippen LogP contribution in [0.1, 0.15) is 5.56 Å². The molecule has 1 aromatic rings. The first kappa shape index (κ1) is 11.8. The lowest BCUT2D eigenvalue weighted by atomic mass is 10.2. The summed E-state index contributed by atoms with van der Waals surface area (Å²) >= 11 is 0. The van der Waals surface area contributed by atoms with Crippen molar-refractivity contribution in [3.63, 3.8) is 0 Å². The molecule has 5 heteroatoms. The molecule has 0 radical (unpaired) electrons. The summed E-state index contributed by atoms with van der Waals surface area (Å²) in [5.41, 5.74) is 4.68. The quantitative estimate of drug-likeness (QED) is 0.852. The lowest BCUT2D eigenvalue weighted by Crippen LogP contribution is -2.50. The molecule has 98 valence electrons. The fraction of sp³-hybridized carbons (Fsp3) is 0.538. The van der Waals surface area contributed by atoms with Crippen molar-refractivity contribution in [2.45, 2.75) is 6.54 Å². The SMILES string of the molecule is CN1CCN(NCc2ccc3c(c2)OCO3)CC1. The number of hydrazine groups is 1.